The molecule has 1 unspecified atom stereocenters. The van der Waals surface area contributed by atoms with E-state index in [9.17, 15) is 4.79 Å². The smallest absolute Gasteiger partial charge is 0.308 e. The van der Waals surface area contributed by atoms with Crippen molar-refractivity contribution in [1.82, 2.24) is 0 Å². The van der Waals surface area contributed by atoms with Crippen LogP contribution in [0.3, 0.4) is 0 Å². The van der Waals surface area contributed by atoms with E-state index < -0.39 is 8.32 Å². The molecule has 0 heterocycles. The van der Waals surface area contributed by atoms with Gasteiger partial charge in [-0.1, -0.05) is 48.8 Å². The Labute approximate surface area is 143 Å². The normalized spacial score (nSPS) is 13.8. The molecular weight excluding hydrogens is 360 g/mol. The fourth-order valence-corrected chi connectivity index (χ4v) is 3.54. The van der Waals surface area contributed by atoms with Crippen LogP contribution in [0.1, 0.15) is 45.8 Å². The fraction of sp³-hybridized carbons (Fsp3) is 0.588. The van der Waals surface area contributed by atoms with Crippen molar-refractivity contribution in [3.05, 3.63) is 34.3 Å². The van der Waals surface area contributed by atoms with E-state index in [-0.39, 0.29) is 23.5 Å². The number of carbonyl (C=O) groups is 1. The fourth-order valence-electron chi connectivity index (χ4n) is 1.84. The Morgan fingerprint density at radius 3 is 2.45 bits per heavy atom. The highest BCUT2D eigenvalue weighted by Crippen LogP contribution is 2.40. The van der Waals surface area contributed by atoms with Crippen molar-refractivity contribution in [2.75, 3.05) is 6.61 Å². The lowest BCUT2D eigenvalue weighted by Gasteiger charge is -2.39. The van der Waals surface area contributed by atoms with E-state index in [0.29, 0.717) is 6.61 Å². The number of hydrogen-bond donors (Lipinski definition) is 0. The monoisotopic (exact) mass is 386 g/mol. The molecule has 0 amide bonds. The van der Waals surface area contributed by atoms with Gasteiger partial charge >= 0.3 is 5.97 Å². The summed E-state index contributed by atoms with van der Waals surface area (Å²) in [7, 11) is -1.98. The molecule has 0 radical (unpaired) electrons. The minimum Gasteiger partial charge on any atom is -0.466 e. The standard InChI is InChI=1S/C17H27BrO3Si/c1-7-20-16(19)12-15(13-9-8-10-14(18)11-13)21-22(5,6)17(2,3)4/h8-11,15H,7,12H2,1-6H3. The third-order valence-electron chi connectivity index (χ3n) is 4.12. The lowest BCUT2D eigenvalue weighted by Crippen LogP contribution is -2.42. The summed E-state index contributed by atoms with van der Waals surface area (Å²) in [4.78, 5) is 11.9. The van der Waals surface area contributed by atoms with Crippen LogP contribution in [0.2, 0.25) is 18.1 Å². The van der Waals surface area contributed by atoms with Crippen molar-refractivity contribution in [2.45, 2.75) is 58.4 Å². The first-order valence-corrected chi connectivity index (χ1v) is 11.4. The summed E-state index contributed by atoms with van der Waals surface area (Å²) in [5.74, 6) is -0.216. The minimum atomic E-state index is -1.98. The molecule has 1 aromatic carbocycles. The number of esters is 1. The molecule has 3 nitrogen and oxygen atoms in total. The van der Waals surface area contributed by atoms with Crippen LogP contribution in [0.4, 0.5) is 0 Å². The number of hydrogen-bond acceptors (Lipinski definition) is 3. The van der Waals surface area contributed by atoms with E-state index >= 15 is 0 Å². The van der Waals surface area contributed by atoms with E-state index in [1.807, 2.05) is 31.2 Å². The zero-order chi connectivity index (χ0) is 17.0. The van der Waals surface area contributed by atoms with Gasteiger partial charge in [0.15, 0.2) is 8.32 Å². The van der Waals surface area contributed by atoms with Crippen LogP contribution < -0.4 is 0 Å². The zero-order valence-corrected chi connectivity index (χ0v) is 17.0. The van der Waals surface area contributed by atoms with E-state index in [2.05, 4.69) is 49.8 Å². The van der Waals surface area contributed by atoms with Gasteiger partial charge in [0.05, 0.1) is 19.1 Å². The second kappa shape index (κ2) is 7.75. The Kier molecular flexibility index (Phi) is 6.83. The molecule has 5 heteroatoms. The van der Waals surface area contributed by atoms with Crippen LogP contribution in [0.5, 0.6) is 0 Å². The molecule has 0 N–H and O–H groups in total. The van der Waals surface area contributed by atoms with E-state index in [0.717, 1.165) is 10.0 Å². The maximum atomic E-state index is 11.9. The van der Waals surface area contributed by atoms with Crippen LogP contribution in [-0.4, -0.2) is 20.9 Å². The predicted molar refractivity (Wildman–Crippen MR) is 96.4 cm³/mol. The minimum absolute atomic E-state index is 0.0892. The van der Waals surface area contributed by atoms with Crippen LogP contribution in [-0.2, 0) is 14.0 Å². The Bertz CT molecular complexity index is 509. The first-order valence-electron chi connectivity index (χ1n) is 7.65. The first-order chi connectivity index (χ1) is 10.1. The molecule has 0 saturated heterocycles. The van der Waals surface area contributed by atoms with Crippen LogP contribution in [0, 0.1) is 0 Å². The summed E-state index contributed by atoms with van der Waals surface area (Å²) in [6, 6.07) is 7.95. The molecule has 1 atom stereocenters. The summed E-state index contributed by atoms with van der Waals surface area (Å²) in [6.07, 6.45) is -0.0194. The number of rotatable bonds is 6. The second-order valence-corrected chi connectivity index (χ2v) is 12.6. The average molecular weight is 387 g/mol. The maximum absolute atomic E-state index is 11.9. The molecule has 1 aromatic rings. The Balaban J connectivity index is 3.04. The average Bonchev–Trinajstić information content (AvgIpc) is 2.36. The maximum Gasteiger partial charge on any atom is 0.308 e. The van der Waals surface area contributed by atoms with Gasteiger partial charge in [0.1, 0.15) is 0 Å². The topological polar surface area (TPSA) is 35.5 Å². The predicted octanol–water partition coefficient (Wildman–Crippen LogP) is 5.47. The number of ether oxygens (including phenoxy) is 1. The lowest BCUT2D eigenvalue weighted by molar-refractivity contribution is -0.145. The van der Waals surface area contributed by atoms with Gasteiger partial charge in [0.25, 0.3) is 0 Å². The molecule has 124 valence electrons. The van der Waals surface area contributed by atoms with Crippen molar-refractivity contribution in [2.24, 2.45) is 0 Å². The highest BCUT2D eigenvalue weighted by molar-refractivity contribution is 9.10. The van der Waals surface area contributed by atoms with Gasteiger partial charge in [-0.05, 0) is 42.8 Å². The number of carbonyl (C=O) groups excluding carboxylic acids is 1. The third kappa shape index (κ3) is 5.52. The molecule has 0 bridgehead atoms. The van der Waals surface area contributed by atoms with E-state index in [1.54, 1.807) is 0 Å². The Morgan fingerprint density at radius 2 is 1.95 bits per heavy atom. The molecule has 0 aliphatic rings. The number of halogens is 1. The molecule has 0 saturated carbocycles. The van der Waals surface area contributed by atoms with Gasteiger partial charge in [-0.25, -0.2) is 0 Å². The van der Waals surface area contributed by atoms with Gasteiger partial charge in [0, 0.05) is 4.47 Å². The highest BCUT2D eigenvalue weighted by atomic mass is 79.9. The molecule has 0 aliphatic carbocycles. The molecule has 0 fully saturated rings. The Morgan fingerprint density at radius 1 is 1.32 bits per heavy atom. The molecule has 22 heavy (non-hydrogen) atoms. The molecule has 0 aliphatic heterocycles. The van der Waals surface area contributed by atoms with Crippen molar-refractivity contribution in [3.63, 3.8) is 0 Å². The summed E-state index contributed by atoms with van der Waals surface area (Å²) < 4.78 is 12.6. The van der Waals surface area contributed by atoms with Gasteiger partial charge in [-0.3, -0.25) is 4.79 Å². The van der Waals surface area contributed by atoms with Crippen LogP contribution in [0.25, 0.3) is 0 Å². The third-order valence-corrected chi connectivity index (χ3v) is 9.10. The van der Waals surface area contributed by atoms with Gasteiger partial charge in [-0.15, -0.1) is 0 Å². The number of benzene rings is 1. The molecule has 0 spiro atoms. The zero-order valence-electron chi connectivity index (χ0n) is 14.4. The lowest BCUT2D eigenvalue weighted by atomic mass is 10.1. The quantitative estimate of drug-likeness (QED) is 0.480. The summed E-state index contributed by atoms with van der Waals surface area (Å²) >= 11 is 3.49. The summed E-state index contributed by atoms with van der Waals surface area (Å²) in [5, 5.41) is 0.0892. The van der Waals surface area contributed by atoms with E-state index in [1.165, 1.54) is 0 Å². The second-order valence-electron chi connectivity index (χ2n) is 6.93. The SMILES string of the molecule is CCOC(=O)CC(O[Si](C)(C)C(C)(C)C)c1cccc(Br)c1. The van der Waals surface area contributed by atoms with Crippen LogP contribution in [0.15, 0.2) is 28.7 Å². The van der Waals surface area contributed by atoms with Crippen molar-refractivity contribution in [3.8, 4) is 0 Å². The van der Waals surface area contributed by atoms with Crippen molar-refractivity contribution in [1.29, 1.82) is 0 Å². The highest BCUT2D eigenvalue weighted by Gasteiger charge is 2.40. The summed E-state index contributed by atoms with van der Waals surface area (Å²) in [6.45, 7) is 13.2. The molecule has 1 rings (SSSR count). The van der Waals surface area contributed by atoms with Crippen molar-refractivity contribution >= 4 is 30.2 Å². The first kappa shape index (κ1) is 19.4. The van der Waals surface area contributed by atoms with Crippen molar-refractivity contribution < 1.29 is 14.0 Å². The summed E-state index contributed by atoms with van der Waals surface area (Å²) in [5.41, 5.74) is 1.01. The molecular formula is C17H27BrO3Si. The van der Waals surface area contributed by atoms with Crippen LogP contribution >= 0.6 is 15.9 Å². The van der Waals surface area contributed by atoms with Gasteiger partial charge < -0.3 is 9.16 Å². The molecule has 0 aromatic heterocycles. The Hall–Kier alpha value is -0.653. The largest absolute Gasteiger partial charge is 0.466 e. The van der Waals surface area contributed by atoms with Gasteiger partial charge in [0.2, 0.25) is 0 Å². The van der Waals surface area contributed by atoms with Gasteiger partial charge in [-0.2, -0.15) is 0 Å². The van der Waals surface area contributed by atoms with E-state index in [4.69, 9.17) is 9.16 Å².